The first-order valence-electron chi connectivity index (χ1n) is 7.62. The Kier molecular flexibility index (Phi) is 5.91. The first kappa shape index (κ1) is 16.9. The van der Waals surface area contributed by atoms with Gasteiger partial charge < -0.3 is 10.2 Å². The molecule has 2 rings (SSSR count). The highest BCUT2D eigenvalue weighted by molar-refractivity contribution is 9.10. The molecule has 0 spiro atoms. The van der Waals surface area contributed by atoms with Gasteiger partial charge in [0, 0.05) is 29.1 Å². The number of aromatic nitrogens is 1. The van der Waals surface area contributed by atoms with Crippen LogP contribution in [0.25, 0.3) is 10.9 Å². The van der Waals surface area contributed by atoms with Crippen LogP contribution >= 0.6 is 15.9 Å². The number of ketones is 1. The lowest BCUT2D eigenvalue weighted by molar-refractivity contribution is 0.101. The number of nitrogens with zero attached hydrogens (tertiary/aromatic N) is 2. The lowest BCUT2D eigenvalue weighted by Gasteiger charge is -2.20. The van der Waals surface area contributed by atoms with Crippen LogP contribution in [0.1, 0.15) is 31.1 Å². The fourth-order valence-corrected chi connectivity index (χ4v) is 2.86. The molecule has 0 saturated heterocycles. The van der Waals surface area contributed by atoms with Gasteiger partial charge in [0.1, 0.15) is 0 Å². The molecular weight excluding hydrogens is 342 g/mol. The molecule has 1 aromatic carbocycles. The van der Waals surface area contributed by atoms with Gasteiger partial charge in [-0.3, -0.25) is 9.78 Å². The van der Waals surface area contributed by atoms with Crippen molar-refractivity contribution in [3.8, 4) is 0 Å². The highest BCUT2D eigenvalue weighted by Crippen LogP contribution is 2.28. The van der Waals surface area contributed by atoms with E-state index < -0.39 is 0 Å². The second-order valence-corrected chi connectivity index (χ2v) is 6.13. The van der Waals surface area contributed by atoms with E-state index in [1.165, 1.54) is 0 Å². The average Bonchev–Trinajstić information content (AvgIpc) is 2.51. The summed E-state index contributed by atoms with van der Waals surface area (Å²) in [7, 11) is 0. The van der Waals surface area contributed by atoms with Crippen molar-refractivity contribution in [2.45, 2.75) is 20.8 Å². The van der Waals surface area contributed by atoms with Crippen LogP contribution in [0.3, 0.4) is 0 Å². The number of hydrogen-bond acceptors (Lipinski definition) is 4. The number of halogens is 1. The van der Waals surface area contributed by atoms with Crippen LogP contribution < -0.4 is 5.32 Å². The van der Waals surface area contributed by atoms with Crippen molar-refractivity contribution < 1.29 is 4.79 Å². The summed E-state index contributed by atoms with van der Waals surface area (Å²) in [4.78, 5) is 18.6. The third-order valence-electron chi connectivity index (χ3n) is 3.83. The normalized spacial score (nSPS) is 11.1. The number of carbonyl (C=O) groups is 1. The number of fused-ring (bicyclic) bond motifs is 1. The Morgan fingerprint density at radius 1 is 1.32 bits per heavy atom. The zero-order valence-electron chi connectivity index (χ0n) is 13.3. The van der Waals surface area contributed by atoms with E-state index in [4.69, 9.17) is 0 Å². The highest BCUT2D eigenvalue weighted by atomic mass is 79.9. The highest BCUT2D eigenvalue weighted by Gasteiger charge is 2.13. The summed E-state index contributed by atoms with van der Waals surface area (Å²) in [5.41, 5.74) is 2.41. The Labute approximate surface area is 140 Å². The summed E-state index contributed by atoms with van der Waals surface area (Å²) < 4.78 is 0.981. The fourth-order valence-electron chi connectivity index (χ4n) is 2.50. The number of hydrogen-bond donors (Lipinski definition) is 1. The van der Waals surface area contributed by atoms with Gasteiger partial charge in [0.05, 0.1) is 16.8 Å². The molecule has 118 valence electrons. The summed E-state index contributed by atoms with van der Waals surface area (Å²) in [5.74, 6) is 0.0275. The van der Waals surface area contributed by atoms with E-state index in [0.29, 0.717) is 5.56 Å². The van der Waals surface area contributed by atoms with Crippen LogP contribution in [-0.2, 0) is 0 Å². The van der Waals surface area contributed by atoms with E-state index in [-0.39, 0.29) is 5.78 Å². The van der Waals surface area contributed by atoms with Gasteiger partial charge in [0.2, 0.25) is 0 Å². The zero-order valence-corrected chi connectivity index (χ0v) is 14.9. The SMILES string of the molecule is CCN(CC)CCNc1c(C(C)=O)cnc2ccc(Br)cc12. The van der Waals surface area contributed by atoms with Gasteiger partial charge in [-0.25, -0.2) is 0 Å². The minimum Gasteiger partial charge on any atom is -0.383 e. The molecule has 0 atom stereocenters. The van der Waals surface area contributed by atoms with Crippen LogP contribution in [0.2, 0.25) is 0 Å². The molecule has 5 heteroatoms. The fraction of sp³-hybridized carbons (Fsp3) is 0.412. The Hall–Kier alpha value is -1.46. The molecule has 1 aromatic heterocycles. The van der Waals surface area contributed by atoms with Crippen molar-refractivity contribution in [3.63, 3.8) is 0 Å². The standard InChI is InChI=1S/C17H22BrN3O/c1-4-21(5-2)9-8-19-17-14-10-13(18)6-7-16(14)20-11-15(17)12(3)22/h6-7,10-11H,4-5,8-9H2,1-3H3,(H,19,20). The van der Waals surface area contributed by atoms with Crippen LogP contribution in [-0.4, -0.2) is 41.8 Å². The Bertz CT molecular complexity index is 668. The maximum absolute atomic E-state index is 11.9. The molecular formula is C17H22BrN3O. The lowest BCUT2D eigenvalue weighted by atomic mass is 10.1. The molecule has 1 heterocycles. The largest absolute Gasteiger partial charge is 0.383 e. The number of benzene rings is 1. The van der Waals surface area contributed by atoms with Crippen molar-refractivity contribution in [3.05, 3.63) is 34.4 Å². The maximum atomic E-state index is 11.9. The van der Waals surface area contributed by atoms with E-state index in [2.05, 4.69) is 45.0 Å². The molecule has 0 aliphatic rings. The molecule has 0 fully saturated rings. The Morgan fingerprint density at radius 3 is 2.68 bits per heavy atom. The number of nitrogens with one attached hydrogen (secondary N) is 1. The monoisotopic (exact) mass is 363 g/mol. The van der Waals surface area contributed by atoms with Gasteiger partial charge in [-0.15, -0.1) is 0 Å². The van der Waals surface area contributed by atoms with E-state index in [1.54, 1.807) is 13.1 Å². The predicted octanol–water partition coefficient (Wildman–Crippen LogP) is 3.95. The summed E-state index contributed by atoms with van der Waals surface area (Å²) in [6.45, 7) is 9.69. The van der Waals surface area contributed by atoms with Crippen LogP contribution in [0.4, 0.5) is 5.69 Å². The first-order chi connectivity index (χ1) is 10.6. The molecule has 0 bridgehead atoms. The van der Waals surface area contributed by atoms with Gasteiger partial charge >= 0.3 is 0 Å². The molecule has 0 aliphatic carbocycles. The van der Waals surface area contributed by atoms with E-state index >= 15 is 0 Å². The smallest absolute Gasteiger partial charge is 0.163 e. The second-order valence-electron chi connectivity index (χ2n) is 5.22. The third kappa shape index (κ3) is 3.84. The van der Waals surface area contributed by atoms with Gasteiger partial charge in [-0.1, -0.05) is 29.8 Å². The van der Waals surface area contributed by atoms with Gasteiger partial charge in [0.15, 0.2) is 5.78 Å². The van der Waals surface area contributed by atoms with Crippen molar-refractivity contribution in [1.29, 1.82) is 0 Å². The minimum absolute atomic E-state index is 0.0275. The summed E-state index contributed by atoms with van der Waals surface area (Å²) in [5, 5.41) is 4.41. The zero-order chi connectivity index (χ0) is 16.1. The summed E-state index contributed by atoms with van der Waals surface area (Å²) in [6.07, 6.45) is 1.66. The number of pyridine rings is 1. The number of anilines is 1. The molecule has 0 radical (unpaired) electrons. The van der Waals surface area contributed by atoms with Crippen molar-refractivity contribution in [1.82, 2.24) is 9.88 Å². The number of likely N-dealkylation sites (N-methyl/N-ethyl adjacent to an activating group) is 1. The van der Waals surface area contributed by atoms with E-state index in [9.17, 15) is 4.79 Å². The molecule has 0 unspecified atom stereocenters. The third-order valence-corrected chi connectivity index (χ3v) is 4.33. The van der Waals surface area contributed by atoms with Crippen LogP contribution in [0.5, 0.6) is 0 Å². The van der Waals surface area contributed by atoms with Crippen LogP contribution in [0, 0.1) is 0 Å². The van der Waals surface area contributed by atoms with Crippen molar-refractivity contribution >= 4 is 38.3 Å². The summed E-state index contributed by atoms with van der Waals surface area (Å²) >= 11 is 3.49. The Balaban J connectivity index is 2.33. The molecule has 4 nitrogen and oxygen atoms in total. The first-order valence-corrected chi connectivity index (χ1v) is 8.41. The average molecular weight is 364 g/mol. The molecule has 0 amide bonds. The lowest BCUT2D eigenvalue weighted by Crippen LogP contribution is -2.29. The molecule has 2 aromatic rings. The van der Waals surface area contributed by atoms with Gasteiger partial charge in [0.25, 0.3) is 0 Å². The minimum atomic E-state index is 0.0275. The number of carbonyl (C=O) groups excluding carboxylic acids is 1. The van der Waals surface area contributed by atoms with Crippen molar-refractivity contribution in [2.24, 2.45) is 0 Å². The maximum Gasteiger partial charge on any atom is 0.163 e. The topological polar surface area (TPSA) is 45.2 Å². The molecule has 0 aliphatic heterocycles. The molecule has 0 saturated carbocycles. The van der Waals surface area contributed by atoms with Crippen LogP contribution in [0.15, 0.2) is 28.9 Å². The van der Waals surface area contributed by atoms with Gasteiger partial charge in [-0.05, 0) is 38.2 Å². The second kappa shape index (κ2) is 7.70. The van der Waals surface area contributed by atoms with E-state index in [1.807, 2.05) is 18.2 Å². The predicted molar refractivity (Wildman–Crippen MR) is 95.7 cm³/mol. The molecule has 1 N–H and O–H groups in total. The Morgan fingerprint density at radius 2 is 2.05 bits per heavy atom. The van der Waals surface area contributed by atoms with E-state index in [0.717, 1.165) is 47.2 Å². The summed E-state index contributed by atoms with van der Waals surface area (Å²) in [6, 6.07) is 5.93. The quantitative estimate of drug-likeness (QED) is 0.756. The van der Waals surface area contributed by atoms with Gasteiger partial charge in [-0.2, -0.15) is 0 Å². The molecule has 22 heavy (non-hydrogen) atoms. The number of Topliss-reactive ketones (excluding diaryl/α,β-unsaturated/α-hetero) is 1. The van der Waals surface area contributed by atoms with Crippen molar-refractivity contribution in [2.75, 3.05) is 31.5 Å². The number of rotatable bonds is 7.